The molecular weight excluding hydrogens is 749 g/mol. The highest BCUT2D eigenvalue weighted by Crippen LogP contribution is 2.42. The number of fused-ring (bicyclic) bond motifs is 7. The van der Waals surface area contributed by atoms with Crippen molar-refractivity contribution in [2.45, 2.75) is 0 Å². The van der Waals surface area contributed by atoms with Crippen LogP contribution in [0.3, 0.4) is 0 Å². The monoisotopic (exact) mass is 788 g/mol. The van der Waals surface area contributed by atoms with Gasteiger partial charge in [-0.1, -0.05) is 188 Å². The van der Waals surface area contributed by atoms with E-state index >= 15 is 0 Å². The molecule has 0 aliphatic carbocycles. The van der Waals surface area contributed by atoms with Crippen molar-refractivity contribution in [3.8, 4) is 39.1 Å². The second kappa shape index (κ2) is 14.8. The molecule has 0 unspecified atom stereocenters. The molecule has 0 saturated heterocycles. The summed E-state index contributed by atoms with van der Waals surface area (Å²) in [5.74, 6) is 0. The van der Waals surface area contributed by atoms with Crippen LogP contribution in [0.15, 0.2) is 243 Å². The summed E-state index contributed by atoms with van der Waals surface area (Å²) in [6.07, 6.45) is 0. The molecule has 0 bridgehead atoms. The van der Waals surface area contributed by atoms with Gasteiger partial charge < -0.3 is 9.47 Å². The van der Waals surface area contributed by atoms with Gasteiger partial charge in [-0.3, -0.25) is 0 Å². The third-order valence-corrected chi connectivity index (χ3v) is 12.6. The predicted octanol–water partition coefficient (Wildman–Crippen LogP) is 16.7. The van der Waals surface area contributed by atoms with Crippen molar-refractivity contribution >= 4 is 71.2 Å². The van der Waals surface area contributed by atoms with Crippen molar-refractivity contribution in [3.63, 3.8) is 0 Å². The lowest BCUT2D eigenvalue weighted by atomic mass is 9.94. The van der Waals surface area contributed by atoms with Crippen LogP contribution in [-0.4, -0.2) is 4.57 Å². The average Bonchev–Trinajstić information content (AvgIpc) is 3.69. The van der Waals surface area contributed by atoms with E-state index in [-0.39, 0.29) is 0 Å². The van der Waals surface area contributed by atoms with Crippen molar-refractivity contribution in [2.75, 3.05) is 4.90 Å². The molecule has 62 heavy (non-hydrogen) atoms. The largest absolute Gasteiger partial charge is 0.310 e. The lowest BCUT2D eigenvalue weighted by molar-refractivity contribution is 1.18. The van der Waals surface area contributed by atoms with E-state index in [1.54, 1.807) is 0 Å². The van der Waals surface area contributed by atoms with Gasteiger partial charge in [0, 0.05) is 39.1 Å². The maximum absolute atomic E-state index is 2.42. The number of hydrogen-bond donors (Lipinski definition) is 0. The Balaban J connectivity index is 0.997. The van der Waals surface area contributed by atoms with Crippen molar-refractivity contribution in [1.29, 1.82) is 0 Å². The fourth-order valence-corrected chi connectivity index (χ4v) is 9.71. The van der Waals surface area contributed by atoms with Crippen molar-refractivity contribution in [2.24, 2.45) is 0 Å². The van der Waals surface area contributed by atoms with Crippen LogP contribution in [0.1, 0.15) is 0 Å². The standard InChI is InChI=1S/C60H40N2/c1-2-18-46(19-3-1)62-59-29-9-8-23-57(59)58-28-13-26-54(60(58)62)44-32-37-48(38-33-44)61(49-20-10-17-45(40-49)53-24-11-16-41-14-4-6-21-50(41)53)47-35-30-43(31-36-47)52-25-12-27-55-51-22-7-5-15-42(51)34-39-56(52)55/h1-40H. The van der Waals surface area contributed by atoms with E-state index in [1.165, 1.54) is 87.5 Å². The van der Waals surface area contributed by atoms with Gasteiger partial charge in [-0.2, -0.15) is 0 Å². The quantitative estimate of drug-likeness (QED) is 0.146. The summed E-state index contributed by atoms with van der Waals surface area (Å²) in [4.78, 5) is 2.39. The third kappa shape index (κ3) is 5.96. The molecule has 0 amide bonds. The van der Waals surface area contributed by atoms with E-state index in [2.05, 4.69) is 252 Å². The number of rotatable bonds is 7. The van der Waals surface area contributed by atoms with Gasteiger partial charge in [-0.05, 0) is 115 Å². The second-order valence-corrected chi connectivity index (χ2v) is 16.1. The number of hydrogen-bond acceptors (Lipinski definition) is 1. The summed E-state index contributed by atoms with van der Waals surface area (Å²) in [5, 5.41) is 10.1. The van der Waals surface area contributed by atoms with Crippen LogP contribution < -0.4 is 4.90 Å². The summed E-state index contributed by atoms with van der Waals surface area (Å²) in [5.41, 5.74) is 14.0. The molecule has 0 saturated carbocycles. The van der Waals surface area contributed by atoms with E-state index in [0.717, 1.165) is 22.7 Å². The van der Waals surface area contributed by atoms with Gasteiger partial charge in [0.2, 0.25) is 0 Å². The minimum atomic E-state index is 1.09. The van der Waals surface area contributed by atoms with Crippen molar-refractivity contribution in [1.82, 2.24) is 4.57 Å². The van der Waals surface area contributed by atoms with Gasteiger partial charge in [0.15, 0.2) is 0 Å². The summed E-state index contributed by atoms with van der Waals surface area (Å²) in [6.45, 7) is 0. The molecule has 0 spiro atoms. The highest BCUT2D eigenvalue weighted by atomic mass is 15.1. The highest BCUT2D eigenvalue weighted by molar-refractivity contribution is 6.14. The Kier molecular flexibility index (Phi) is 8.53. The van der Waals surface area contributed by atoms with Crippen molar-refractivity contribution < 1.29 is 0 Å². The molecule has 0 aliphatic rings. The molecule has 1 aromatic heterocycles. The molecule has 0 fully saturated rings. The smallest absolute Gasteiger partial charge is 0.0619 e. The fourth-order valence-electron chi connectivity index (χ4n) is 9.71. The first-order chi connectivity index (χ1) is 30.8. The number of aromatic nitrogens is 1. The van der Waals surface area contributed by atoms with E-state index in [4.69, 9.17) is 0 Å². The molecule has 0 aliphatic heterocycles. The molecule has 0 N–H and O–H groups in total. The Bertz CT molecular complexity index is 3610. The summed E-state index contributed by atoms with van der Waals surface area (Å²) in [6, 6.07) is 88.4. The minimum Gasteiger partial charge on any atom is -0.310 e. The predicted molar refractivity (Wildman–Crippen MR) is 264 cm³/mol. The number of benzene rings is 11. The number of anilines is 3. The Morgan fingerprint density at radius 3 is 1.56 bits per heavy atom. The Morgan fingerprint density at radius 2 is 0.806 bits per heavy atom. The van der Waals surface area contributed by atoms with E-state index < -0.39 is 0 Å². The van der Waals surface area contributed by atoms with E-state index in [9.17, 15) is 0 Å². The zero-order valence-corrected chi connectivity index (χ0v) is 34.0. The maximum atomic E-state index is 2.42. The molecule has 0 radical (unpaired) electrons. The van der Waals surface area contributed by atoms with Crippen LogP contribution in [0.4, 0.5) is 17.1 Å². The first-order valence-corrected chi connectivity index (χ1v) is 21.3. The normalized spacial score (nSPS) is 11.5. The maximum Gasteiger partial charge on any atom is 0.0619 e. The molecule has 12 rings (SSSR count). The fraction of sp³-hybridized carbons (Fsp3) is 0. The topological polar surface area (TPSA) is 8.17 Å². The van der Waals surface area contributed by atoms with Gasteiger partial charge in [0.05, 0.1) is 11.0 Å². The van der Waals surface area contributed by atoms with E-state index in [1.807, 2.05) is 0 Å². The molecule has 12 aromatic rings. The highest BCUT2D eigenvalue weighted by Gasteiger charge is 2.19. The Morgan fingerprint density at radius 1 is 0.274 bits per heavy atom. The van der Waals surface area contributed by atoms with Crippen molar-refractivity contribution in [3.05, 3.63) is 243 Å². The number of para-hydroxylation sites is 3. The zero-order chi connectivity index (χ0) is 41.0. The second-order valence-electron chi connectivity index (χ2n) is 16.1. The first-order valence-electron chi connectivity index (χ1n) is 21.3. The molecular formula is C60H40N2. The summed E-state index contributed by atoms with van der Waals surface area (Å²) in [7, 11) is 0. The van der Waals surface area contributed by atoms with Gasteiger partial charge in [-0.25, -0.2) is 0 Å². The summed E-state index contributed by atoms with van der Waals surface area (Å²) >= 11 is 0. The summed E-state index contributed by atoms with van der Waals surface area (Å²) < 4.78 is 2.42. The number of nitrogens with zero attached hydrogens (tertiary/aromatic N) is 2. The van der Waals surface area contributed by atoms with Gasteiger partial charge in [0.1, 0.15) is 0 Å². The SMILES string of the molecule is c1ccc(-n2c3ccccc3c3cccc(-c4ccc(N(c5ccc(-c6cccc7c6ccc6ccccc67)cc5)c5cccc(-c6cccc7ccccc67)c5)cc4)c32)cc1. The molecule has 290 valence electrons. The van der Waals surface area contributed by atoms with Crippen LogP contribution in [0.2, 0.25) is 0 Å². The Labute approximate surface area is 360 Å². The first kappa shape index (κ1) is 35.7. The Hall–Kier alpha value is -8.20. The van der Waals surface area contributed by atoms with Crippen LogP contribution in [0.5, 0.6) is 0 Å². The third-order valence-electron chi connectivity index (χ3n) is 12.6. The van der Waals surface area contributed by atoms with Gasteiger partial charge in [-0.15, -0.1) is 0 Å². The minimum absolute atomic E-state index is 1.09. The van der Waals surface area contributed by atoms with Crippen LogP contribution in [-0.2, 0) is 0 Å². The van der Waals surface area contributed by atoms with E-state index in [0.29, 0.717) is 0 Å². The van der Waals surface area contributed by atoms with Crippen LogP contribution in [0, 0.1) is 0 Å². The molecule has 11 aromatic carbocycles. The lowest BCUT2D eigenvalue weighted by Gasteiger charge is -2.27. The molecule has 2 nitrogen and oxygen atoms in total. The van der Waals surface area contributed by atoms with Crippen LogP contribution in [0.25, 0.3) is 93.2 Å². The molecule has 1 heterocycles. The average molecular weight is 789 g/mol. The molecule has 0 atom stereocenters. The lowest BCUT2D eigenvalue weighted by Crippen LogP contribution is -2.10. The van der Waals surface area contributed by atoms with Gasteiger partial charge in [0.25, 0.3) is 0 Å². The zero-order valence-electron chi connectivity index (χ0n) is 34.0. The molecule has 2 heteroatoms. The van der Waals surface area contributed by atoms with Gasteiger partial charge >= 0.3 is 0 Å². The van der Waals surface area contributed by atoms with Crippen LogP contribution >= 0.6 is 0 Å².